The zero-order chi connectivity index (χ0) is 20.3. The first-order chi connectivity index (χ1) is 14.0. The van der Waals surface area contributed by atoms with Crippen molar-refractivity contribution in [2.24, 2.45) is 0 Å². The van der Waals surface area contributed by atoms with Crippen molar-refractivity contribution in [3.63, 3.8) is 0 Å². The van der Waals surface area contributed by atoms with E-state index in [2.05, 4.69) is 18.9 Å². The van der Waals surface area contributed by atoms with E-state index in [1.54, 1.807) is 18.2 Å². The summed E-state index contributed by atoms with van der Waals surface area (Å²) < 4.78 is 13.4. The molecule has 0 aliphatic heterocycles. The average molecular weight is 389 g/mol. The Kier molecular flexibility index (Phi) is 3.67. The minimum Gasteiger partial charge on any atom is -0.504 e. The molecule has 3 aromatic heterocycles. The molecule has 0 aliphatic rings. The Labute approximate surface area is 165 Å². The molecule has 5 aromatic rings. The van der Waals surface area contributed by atoms with Gasteiger partial charge in [-0.25, -0.2) is 4.98 Å². The number of furan rings is 1. The summed E-state index contributed by atoms with van der Waals surface area (Å²) in [5.41, 5.74) is 4.07. The lowest BCUT2D eigenvalue weighted by Gasteiger charge is -2.11. The van der Waals surface area contributed by atoms with Crippen LogP contribution in [-0.2, 0) is 0 Å². The van der Waals surface area contributed by atoms with Gasteiger partial charge < -0.3 is 19.4 Å². The molecule has 0 unspecified atom stereocenters. The van der Waals surface area contributed by atoms with E-state index >= 15 is 0 Å². The lowest BCUT2D eigenvalue weighted by molar-refractivity contribution is 0.373. The SMILES string of the molecule is COc1cc(-c2c3c[nH]n(C(C)C)c3nc3c2oc2cc(=O)ccc23)ccc1O. The predicted molar refractivity (Wildman–Crippen MR) is 112 cm³/mol. The number of fused-ring (bicyclic) bond motifs is 4. The van der Waals surface area contributed by atoms with Crippen LogP contribution in [-0.4, -0.2) is 27.0 Å². The maximum absolute atomic E-state index is 11.8. The van der Waals surface area contributed by atoms with Crippen LogP contribution in [0.2, 0.25) is 0 Å². The summed E-state index contributed by atoms with van der Waals surface area (Å²) in [4.78, 5) is 16.7. The molecule has 7 heteroatoms. The number of H-pyrrole nitrogens is 1. The van der Waals surface area contributed by atoms with Crippen molar-refractivity contribution in [2.75, 3.05) is 7.11 Å². The van der Waals surface area contributed by atoms with Crippen LogP contribution in [0.1, 0.15) is 19.9 Å². The predicted octanol–water partition coefficient (Wildman–Crippen LogP) is 4.59. The maximum Gasteiger partial charge on any atom is 0.182 e. The Hall–Kier alpha value is -3.74. The molecule has 0 saturated heterocycles. The summed E-state index contributed by atoms with van der Waals surface area (Å²) in [7, 11) is 1.51. The number of nitrogens with zero attached hydrogens (tertiary/aromatic N) is 2. The second-order valence-electron chi connectivity index (χ2n) is 7.29. The van der Waals surface area contributed by atoms with Gasteiger partial charge in [0.25, 0.3) is 0 Å². The number of pyridine rings is 1. The smallest absolute Gasteiger partial charge is 0.182 e. The normalized spacial score (nSPS) is 11.9. The summed E-state index contributed by atoms with van der Waals surface area (Å²) in [6.45, 7) is 4.14. The monoisotopic (exact) mass is 389 g/mol. The van der Waals surface area contributed by atoms with E-state index in [4.69, 9.17) is 14.1 Å². The van der Waals surface area contributed by atoms with Crippen LogP contribution in [0.5, 0.6) is 11.5 Å². The Morgan fingerprint density at radius 3 is 2.76 bits per heavy atom. The fraction of sp³-hybridized carbons (Fsp3) is 0.182. The zero-order valence-corrected chi connectivity index (χ0v) is 16.2. The molecular weight excluding hydrogens is 370 g/mol. The van der Waals surface area contributed by atoms with E-state index in [1.807, 2.05) is 16.9 Å². The molecule has 29 heavy (non-hydrogen) atoms. The highest BCUT2D eigenvalue weighted by Gasteiger charge is 2.21. The van der Waals surface area contributed by atoms with Crippen LogP contribution in [0.25, 0.3) is 44.2 Å². The third-order valence-corrected chi connectivity index (χ3v) is 5.15. The fourth-order valence-corrected chi connectivity index (χ4v) is 3.77. The van der Waals surface area contributed by atoms with Crippen molar-refractivity contribution in [2.45, 2.75) is 19.9 Å². The number of phenols is 1. The molecule has 7 nitrogen and oxygen atoms in total. The number of hydrogen-bond donors (Lipinski definition) is 2. The van der Waals surface area contributed by atoms with Gasteiger partial charge in [-0.15, -0.1) is 0 Å². The molecular formula is C22H19N3O4. The largest absolute Gasteiger partial charge is 0.504 e. The molecule has 0 atom stereocenters. The number of phenolic OH excluding ortho intramolecular Hbond substituents is 1. The van der Waals surface area contributed by atoms with Gasteiger partial charge in [-0.3, -0.25) is 9.48 Å². The van der Waals surface area contributed by atoms with E-state index in [0.29, 0.717) is 22.4 Å². The first-order valence-electron chi connectivity index (χ1n) is 9.31. The number of methoxy groups -OCH3 is 1. The molecule has 146 valence electrons. The van der Waals surface area contributed by atoms with Crippen LogP contribution in [0, 0.1) is 0 Å². The Bertz CT molecular complexity index is 1460. The van der Waals surface area contributed by atoms with E-state index in [9.17, 15) is 9.90 Å². The van der Waals surface area contributed by atoms with Crippen molar-refractivity contribution in [1.82, 2.24) is 14.8 Å². The number of ether oxygens (including phenoxy) is 1. The van der Waals surface area contributed by atoms with Gasteiger partial charge in [-0.2, -0.15) is 0 Å². The number of aromatic hydroxyl groups is 1. The molecule has 0 radical (unpaired) electrons. The molecule has 0 saturated carbocycles. The van der Waals surface area contributed by atoms with E-state index in [-0.39, 0.29) is 17.2 Å². The van der Waals surface area contributed by atoms with E-state index < -0.39 is 0 Å². The Morgan fingerprint density at radius 2 is 2.00 bits per heavy atom. The first-order valence-corrected chi connectivity index (χ1v) is 9.31. The molecule has 0 aliphatic carbocycles. The lowest BCUT2D eigenvalue weighted by Crippen LogP contribution is -2.03. The van der Waals surface area contributed by atoms with E-state index in [0.717, 1.165) is 27.5 Å². The highest BCUT2D eigenvalue weighted by molar-refractivity contribution is 6.14. The first kappa shape index (κ1) is 17.4. The van der Waals surface area contributed by atoms with Gasteiger partial charge in [0.15, 0.2) is 28.2 Å². The second kappa shape index (κ2) is 6.13. The van der Waals surface area contributed by atoms with Crippen LogP contribution >= 0.6 is 0 Å². The highest BCUT2D eigenvalue weighted by Crippen LogP contribution is 2.41. The van der Waals surface area contributed by atoms with Gasteiger partial charge in [0, 0.05) is 34.6 Å². The van der Waals surface area contributed by atoms with Crippen molar-refractivity contribution < 1.29 is 14.3 Å². The maximum atomic E-state index is 11.8. The van der Waals surface area contributed by atoms with Crippen LogP contribution in [0.3, 0.4) is 0 Å². The summed E-state index contributed by atoms with van der Waals surface area (Å²) in [5.74, 6) is 0.426. The lowest BCUT2D eigenvalue weighted by atomic mass is 10.0. The number of aromatic nitrogens is 3. The Balaban J connectivity index is 1.98. The highest BCUT2D eigenvalue weighted by atomic mass is 16.5. The third kappa shape index (κ3) is 2.51. The minimum atomic E-state index is -0.117. The molecule has 2 aromatic carbocycles. The van der Waals surface area contributed by atoms with Gasteiger partial charge in [-0.1, -0.05) is 6.07 Å². The number of benzene rings is 2. The number of rotatable bonds is 3. The molecule has 0 amide bonds. The van der Waals surface area contributed by atoms with Gasteiger partial charge >= 0.3 is 0 Å². The van der Waals surface area contributed by atoms with Crippen LogP contribution in [0.15, 0.2) is 51.8 Å². The summed E-state index contributed by atoms with van der Waals surface area (Å²) >= 11 is 0. The molecule has 3 heterocycles. The topological polar surface area (TPSA) is 93.3 Å². The number of aromatic amines is 1. The third-order valence-electron chi connectivity index (χ3n) is 5.15. The number of hydrogen-bond acceptors (Lipinski definition) is 5. The molecule has 0 bridgehead atoms. The number of nitrogens with one attached hydrogen (secondary N) is 1. The molecule has 2 N–H and O–H groups in total. The molecule has 5 rings (SSSR count). The van der Waals surface area contributed by atoms with Gasteiger partial charge in [-0.05, 0) is 43.7 Å². The van der Waals surface area contributed by atoms with Crippen LogP contribution in [0.4, 0.5) is 0 Å². The summed E-state index contributed by atoms with van der Waals surface area (Å²) in [5, 5.41) is 14.9. The van der Waals surface area contributed by atoms with E-state index in [1.165, 1.54) is 19.2 Å². The minimum absolute atomic E-state index is 0.0599. The summed E-state index contributed by atoms with van der Waals surface area (Å²) in [6, 6.07) is 10.1. The van der Waals surface area contributed by atoms with Gasteiger partial charge in [0.1, 0.15) is 11.1 Å². The quantitative estimate of drug-likeness (QED) is 0.471. The molecule has 0 fully saturated rings. The molecule has 0 spiro atoms. The van der Waals surface area contributed by atoms with Crippen LogP contribution < -0.4 is 10.2 Å². The zero-order valence-electron chi connectivity index (χ0n) is 16.2. The Morgan fingerprint density at radius 1 is 1.17 bits per heavy atom. The van der Waals surface area contributed by atoms with Crippen molar-refractivity contribution in [1.29, 1.82) is 0 Å². The fourth-order valence-electron chi connectivity index (χ4n) is 3.77. The van der Waals surface area contributed by atoms with Crippen molar-refractivity contribution >= 4 is 33.1 Å². The average Bonchev–Trinajstić information content (AvgIpc) is 3.27. The summed E-state index contributed by atoms with van der Waals surface area (Å²) in [6.07, 6.45) is 1.89. The standard InChI is InChI=1S/C22H19N3O4/c1-11(2)25-22-15(10-23-25)19(12-4-7-16(27)18(8-12)28-3)21-20(24-22)14-6-5-13(26)9-17(14)29-21/h4-11,23,27H,1-3H3. The van der Waals surface area contributed by atoms with Gasteiger partial charge in [0.2, 0.25) is 0 Å². The van der Waals surface area contributed by atoms with Crippen molar-refractivity contribution in [3.8, 4) is 22.6 Å². The second-order valence-corrected chi connectivity index (χ2v) is 7.29. The van der Waals surface area contributed by atoms with Crippen molar-refractivity contribution in [3.05, 3.63) is 52.8 Å². The van der Waals surface area contributed by atoms with Gasteiger partial charge in [0.05, 0.1) is 7.11 Å².